The van der Waals surface area contributed by atoms with Crippen molar-refractivity contribution >= 4 is 63.1 Å². The Morgan fingerprint density at radius 2 is 1.94 bits per heavy atom. The molecule has 2 aromatic carbocycles. The van der Waals surface area contributed by atoms with Gasteiger partial charge in [-0.15, -0.1) is 10.2 Å². The summed E-state index contributed by atoms with van der Waals surface area (Å²) in [4.78, 5) is 27.8. The molecule has 36 heavy (non-hydrogen) atoms. The van der Waals surface area contributed by atoms with Crippen molar-refractivity contribution in [2.24, 2.45) is 0 Å². The van der Waals surface area contributed by atoms with E-state index >= 15 is 0 Å². The smallest absolute Gasteiger partial charge is 0.296 e. The summed E-state index contributed by atoms with van der Waals surface area (Å²) in [7, 11) is 0. The summed E-state index contributed by atoms with van der Waals surface area (Å²) in [5.74, 6) is -1.47. The molecule has 3 heterocycles. The summed E-state index contributed by atoms with van der Waals surface area (Å²) in [5, 5.41) is 20.1. The number of anilines is 1. The van der Waals surface area contributed by atoms with Crippen molar-refractivity contribution in [3.05, 3.63) is 105 Å². The maximum atomic E-state index is 13.3. The second-order valence-electron chi connectivity index (χ2n) is 7.94. The van der Waals surface area contributed by atoms with Gasteiger partial charge in [-0.3, -0.25) is 14.5 Å². The Kier molecular flexibility index (Phi) is 6.90. The van der Waals surface area contributed by atoms with Gasteiger partial charge in [0.2, 0.25) is 10.9 Å². The van der Waals surface area contributed by atoms with Gasteiger partial charge in [0.1, 0.15) is 0 Å². The Morgan fingerprint density at radius 3 is 2.64 bits per heavy atom. The molecule has 1 aliphatic rings. The van der Waals surface area contributed by atoms with Crippen LogP contribution in [0.15, 0.2) is 80.9 Å². The van der Waals surface area contributed by atoms with E-state index in [1.54, 1.807) is 18.2 Å². The molecule has 11 heteroatoms. The first kappa shape index (κ1) is 24.6. The zero-order chi connectivity index (χ0) is 25.4. The molecule has 1 aliphatic heterocycles. The van der Waals surface area contributed by atoms with Crippen LogP contribution in [0.25, 0.3) is 0 Å². The Morgan fingerprint density at radius 1 is 1.17 bits per heavy atom. The Labute approximate surface area is 224 Å². The highest BCUT2D eigenvalue weighted by molar-refractivity contribution is 8.00. The fraction of sp³-hybridized carbons (Fsp3) is 0.120. The number of hydrogen-bond acceptors (Lipinski definition) is 8. The molecule has 5 rings (SSSR count). The van der Waals surface area contributed by atoms with Crippen LogP contribution in [-0.4, -0.2) is 27.0 Å². The van der Waals surface area contributed by atoms with Crippen molar-refractivity contribution < 1.29 is 19.1 Å². The minimum atomic E-state index is -1.05. The van der Waals surface area contributed by atoms with E-state index in [0.29, 0.717) is 20.7 Å². The molecule has 1 unspecified atom stereocenters. The van der Waals surface area contributed by atoms with Crippen LogP contribution in [-0.2, 0) is 10.5 Å². The van der Waals surface area contributed by atoms with Crippen molar-refractivity contribution in [2.45, 2.75) is 23.1 Å². The molecule has 0 bridgehead atoms. The summed E-state index contributed by atoms with van der Waals surface area (Å²) in [6, 6.07) is 14.8. The largest absolute Gasteiger partial charge is 0.503 e. The highest BCUT2D eigenvalue weighted by Gasteiger charge is 2.47. The number of rotatable bonds is 7. The average molecular weight is 558 g/mol. The van der Waals surface area contributed by atoms with Gasteiger partial charge in [-0.2, -0.15) is 0 Å². The summed E-state index contributed by atoms with van der Waals surface area (Å²) >= 11 is 15.2. The average Bonchev–Trinajstić information content (AvgIpc) is 3.60. The molecule has 0 spiro atoms. The number of aliphatic hydroxyl groups excluding tert-OH is 1. The lowest BCUT2D eigenvalue weighted by Gasteiger charge is -2.24. The van der Waals surface area contributed by atoms with Gasteiger partial charge < -0.3 is 9.52 Å². The van der Waals surface area contributed by atoms with Gasteiger partial charge in [-0.1, -0.05) is 82.2 Å². The highest BCUT2D eigenvalue weighted by atomic mass is 35.5. The lowest BCUT2D eigenvalue weighted by Crippen LogP contribution is -2.31. The van der Waals surface area contributed by atoms with E-state index in [4.69, 9.17) is 27.6 Å². The maximum Gasteiger partial charge on any atom is 0.296 e. The number of nitrogens with zero attached hydrogens (tertiary/aromatic N) is 3. The number of aliphatic hydroxyl groups is 1. The van der Waals surface area contributed by atoms with Crippen LogP contribution in [0.4, 0.5) is 5.13 Å². The van der Waals surface area contributed by atoms with Crippen molar-refractivity contribution in [1.29, 1.82) is 0 Å². The van der Waals surface area contributed by atoms with Crippen LogP contribution in [0, 0.1) is 6.92 Å². The van der Waals surface area contributed by atoms with Crippen LogP contribution in [0.3, 0.4) is 0 Å². The number of benzene rings is 2. The zero-order valence-electron chi connectivity index (χ0n) is 18.6. The minimum absolute atomic E-state index is 0.0205. The van der Waals surface area contributed by atoms with Gasteiger partial charge >= 0.3 is 0 Å². The molecule has 0 saturated heterocycles. The summed E-state index contributed by atoms with van der Waals surface area (Å²) in [6.07, 6.45) is 1.34. The molecule has 1 N–H and O–H groups in total. The van der Waals surface area contributed by atoms with Crippen molar-refractivity contribution in [3.63, 3.8) is 0 Å². The zero-order valence-corrected chi connectivity index (χ0v) is 21.8. The predicted octanol–water partition coefficient (Wildman–Crippen LogP) is 6.82. The van der Waals surface area contributed by atoms with Gasteiger partial charge in [-0.25, -0.2) is 0 Å². The van der Waals surface area contributed by atoms with Crippen molar-refractivity contribution in [3.8, 4) is 0 Å². The summed E-state index contributed by atoms with van der Waals surface area (Å²) in [5.41, 5.74) is 2.53. The van der Waals surface area contributed by atoms with E-state index in [2.05, 4.69) is 10.2 Å². The third-order valence-electron chi connectivity index (χ3n) is 5.54. The molecule has 7 nitrogen and oxygen atoms in total. The van der Waals surface area contributed by atoms with Crippen molar-refractivity contribution in [1.82, 2.24) is 10.2 Å². The topological polar surface area (TPSA) is 96.5 Å². The molecule has 0 aliphatic carbocycles. The van der Waals surface area contributed by atoms with Gasteiger partial charge in [0.25, 0.3) is 5.91 Å². The van der Waals surface area contributed by atoms with Gasteiger partial charge in [0, 0.05) is 15.8 Å². The number of thioether (sulfide) groups is 1. The first-order valence-corrected chi connectivity index (χ1v) is 13.2. The standard InChI is InChI=1S/C25H17Cl2N3O4S2/c1-13-4-6-14(7-5-13)12-35-25-29-28-24(36-25)30-20(16-9-8-15(26)11-17(16)27)19(22(32)23(30)33)21(31)18-3-2-10-34-18/h2-11,20,32H,12H2,1H3. The number of furan rings is 1. The Hall–Kier alpha value is -3.11. The van der Waals surface area contributed by atoms with Crippen LogP contribution in [0.1, 0.15) is 33.3 Å². The monoisotopic (exact) mass is 557 g/mol. The van der Waals surface area contributed by atoms with Gasteiger partial charge in [0.15, 0.2) is 15.9 Å². The number of carbonyl (C=O) groups is 2. The second-order valence-corrected chi connectivity index (χ2v) is 11.0. The number of ketones is 1. The number of aromatic nitrogens is 2. The van der Waals surface area contributed by atoms with E-state index < -0.39 is 23.5 Å². The molecule has 1 amide bonds. The number of carbonyl (C=O) groups excluding carboxylic acids is 2. The quantitative estimate of drug-likeness (QED) is 0.151. The summed E-state index contributed by atoms with van der Waals surface area (Å²) in [6.45, 7) is 2.03. The second kappa shape index (κ2) is 10.1. The summed E-state index contributed by atoms with van der Waals surface area (Å²) < 4.78 is 5.87. The first-order valence-electron chi connectivity index (χ1n) is 10.6. The molecule has 182 valence electrons. The van der Waals surface area contributed by atoms with Crippen LogP contribution in [0.5, 0.6) is 0 Å². The van der Waals surface area contributed by atoms with Crippen molar-refractivity contribution in [2.75, 3.05) is 4.90 Å². The third-order valence-corrected chi connectivity index (χ3v) is 8.23. The first-order chi connectivity index (χ1) is 17.3. The van der Waals surface area contributed by atoms with E-state index in [0.717, 1.165) is 5.56 Å². The molecule has 0 fully saturated rings. The lowest BCUT2D eigenvalue weighted by molar-refractivity contribution is -0.117. The number of Topliss-reactive ketones (excluding diaryl/α,β-unsaturated/α-hetero) is 1. The van der Waals surface area contributed by atoms with E-state index in [1.165, 1.54) is 52.0 Å². The van der Waals surface area contributed by atoms with Crippen LogP contribution in [0.2, 0.25) is 10.0 Å². The van der Waals surface area contributed by atoms with Gasteiger partial charge in [0.05, 0.1) is 17.9 Å². The minimum Gasteiger partial charge on any atom is -0.503 e. The third kappa shape index (κ3) is 4.67. The van der Waals surface area contributed by atoms with E-state index in [9.17, 15) is 14.7 Å². The fourth-order valence-electron chi connectivity index (χ4n) is 3.78. The van der Waals surface area contributed by atoms with Crippen LogP contribution >= 0.6 is 46.3 Å². The Balaban J connectivity index is 1.51. The molecule has 4 aromatic rings. The van der Waals surface area contributed by atoms with E-state index in [1.807, 2.05) is 31.2 Å². The normalized spacial score (nSPS) is 15.7. The van der Waals surface area contributed by atoms with Gasteiger partial charge in [-0.05, 0) is 42.3 Å². The number of aryl methyl sites for hydroxylation is 1. The lowest BCUT2D eigenvalue weighted by atomic mass is 9.95. The number of halogens is 2. The molecule has 0 radical (unpaired) electrons. The fourth-order valence-corrected chi connectivity index (χ4v) is 6.12. The predicted molar refractivity (Wildman–Crippen MR) is 140 cm³/mol. The SMILES string of the molecule is Cc1ccc(CSc2nnc(N3C(=O)C(O)=C(C(=O)c4ccco4)C3c3ccc(Cl)cc3Cl)s2)cc1. The molecule has 1 atom stereocenters. The molecular weight excluding hydrogens is 541 g/mol. The molecule has 0 saturated carbocycles. The molecule has 2 aromatic heterocycles. The number of hydrogen-bond donors (Lipinski definition) is 1. The van der Waals surface area contributed by atoms with Crippen LogP contribution < -0.4 is 4.90 Å². The highest BCUT2D eigenvalue weighted by Crippen LogP contribution is 2.46. The Bertz CT molecular complexity index is 1480. The number of amides is 1. The molecular formula is C25H17Cl2N3O4S2. The maximum absolute atomic E-state index is 13.3. The van der Waals surface area contributed by atoms with E-state index in [-0.39, 0.29) is 21.5 Å².